The zero-order valence-corrected chi connectivity index (χ0v) is 17.2. The van der Waals surface area contributed by atoms with Crippen LogP contribution in [0.3, 0.4) is 0 Å². The largest absolute Gasteiger partial charge is 0.376 e. The van der Waals surface area contributed by atoms with Crippen molar-refractivity contribution in [3.8, 4) is 0 Å². The normalized spacial score (nSPS) is 19.3. The highest BCUT2D eigenvalue weighted by molar-refractivity contribution is 4.81. The molecule has 1 unspecified atom stereocenters. The third-order valence-electron chi connectivity index (χ3n) is 6.20. The number of unbranched alkanes of at least 4 members (excludes halogenated alkanes) is 4. The lowest BCUT2D eigenvalue weighted by atomic mass is 9.86. The van der Waals surface area contributed by atoms with E-state index in [4.69, 9.17) is 4.74 Å². The molecule has 1 aliphatic rings. The highest BCUT2D eigenvalue weighted by Gasteiger charge is 2.26. The predicted octanol–water partition coefficient (Wildman–Crippen LogP) is 6.34. The van der Waals surface area contributed by atoms with Gasteiger partial charge in [0.25, 0.3) is 0 Å². The van der Waals surface area contributed by atoms with Crippen molar-refractivity contribution in [3.63, 3.8) is 0 Å². The Bertz CT molecular complexity index is 346. The van der Waals surface area contributed by atoms with E-state index in [2.05, 4.69) is 39.3 Å². The second-order valence-electron chi connectivity index (χ2n) is 8.09. The maximum atomic E-state index is 6.04. The first-order valence-electron chi connectivity index (χ1n) is 10.9. The number of ether oxygens (including phenoxy) is 1. The van der Waals surface area contributed by atoms with Gasteiger partial charge < -0.3 is 4.74 Å². The number of piperidine rings is 1. The van der Waals surface area contributed by atoms with Crippen molar-refractivity contribution in [2.45, 2.75) is 78.1 Å². The lowest BCUT2D eigenvalue weighted by molar-refractivity contribution is -0.884. The Morgan fingerprint density at radius 1 is 0.960 bits per heavy atom. The van der Waals surface area contributed by atoms with Crippen LogP contribution in [0, 0.1) is 11.8 Å². The molecule has 0 aliphatic carbocycles. The van der Waals surface area contributed by atoms with Gasteiger partial charge in [-0.05, 0) is 50.5 Å². The second kappa shape index (κ2) is 13.6. The van der Waals surface area contributed by atoms with E-state index in [9.17, 15) is 0 Å². The lowest BCUT2D eigenvalue weighted by Crippen LogP contribution is -2.48. The SMILES string of the molecule is C=C[C@@H](C)C(CCCCCCC)CCOCC[N+]1(C=C)CCCCC1. The molecule has 0 radical (unpaired) electrons. The number of likely N-dealkylation sites (tertiary alicyclic amines) is 1. The maximum Gasteiger partial charge on any atom is 0.107 e. The first kappa shape index (κ1) is 22.4. The van der Waals surface area contributed by atoms with Crippen molar-refractivity contribution in [1.82, 2.24) is 0 Å². The summed E-state index contributed by atoms with van der Waals surface area (Å²) in [5.74, 6) is 1.33. The van der Waals surface area contributed by atoms with E-state index in [-0.39, 0.29) is 0 Å². The number of allylic oxidation sites excluding steroid dienone is 1. The molecule has 25 heavy (non-hydrogen) atoms. The molecule has 2 heteroatoms. The lowest BCUT2D eigenvalue weighted by Gasteiger charge is -2.37. The fraction of sp³-hybridized carbons (Fsp3) is 0.826. The summed E-state index contributed by atoms with van der Waals surface area (Å²) in [6, 6.07) is 0. The van der Waals surface area contributed by atoms with Crippen molar-refractivity contribution in [1.29, 1.82) is 0 Å². The minimum Gasteiger partial charge on any atom is -0.376 e. The van der Waals surface area contributed by atoms with Gasteiger partial charge in [0, 0.05) is 6.61 Å². The number of rotatable bonds is 15. The van der Waals surface area contributed by atoms with Gasteiger partial charge in [-0.2, -0.15) is 0 Å². The summed E-state index contributed by atoms with van der Waals surface area (Å²) in [7, 11) is 0. The van der Waals surface area contributed by atoms with Crippen LogP contribution in [0.15, 0.2) is 25.4 Å². The highest BCUT2D eigenvalue weighted by Crippen LogP contribution is 2.24. The van der Waals surface area contributed by atoms with Crippen molar-refractivity contribution >= 4 is 0 Å². The summed E-state index contributed by atoms with van der Waals surface area (Å²) in [6.45, 7) is 18.1. The van der Waals surface area contributed by atoms with Crippen molar-refractivity contribution < 1.29 is 9.22 Å². The van der Waals surface area contributed by atoms with Crippen LogP contribution in [0.2, 0.25) is 0 Å². The molecule has 1 rings (SSSR count). The predicted molar refractivity (Wildman–Crippen MR) is 111 cm³/mol. The molecule has 0 N–H and O–H groups in total. The fourth-order valence-corrected chi connectivity index (χ4v) is 4.10. The molecular formula is C23H44NO+. The summed E-state index contributed by atoms with van der Waals surface area (Å²) < 4.78 is 7.10. The van der Waals surface area contributed by atoms with Crippen LogP contribution in [0.4, 0.5) is 0 Å². The van der Waals surface area contributed by atoms with E-state index in [0.29, 0.717) is 5.92 Å². The van der Waals surface area contributed by atoms with E-state index >= 15 is 0 Å². The number of hydrogen-bond acceptors (Lipinski definition) is 1. The molecule has 0 spiro atoms. The van der Waals surface area contributed by atoms with Gasteiger partial charge >= 0.3 is 0 Å². The van der Waals surface area contributed by atoms with Crippen LogP contribution >= 0.6 is 0 Å². The van der Waals surface area contributed by atoms with E-state index in [1.807, 2.05) is 0 Å². The Morgan fingerprint density at radius 3 is 2.32 bits per heavy atom. The molecule has 1 fully saturated rings. The van der Waals surface area contributed by atoms with Crippen molar-refractivity contribution in [2.75, 3.05) is 32.8 Å². The Balaban J connectivity index is 2.22. The van der Waals surface area contributed by atoms with Crippen molar-refractivity contribution in [3.05, 3.63) is 25.4 Å². The number of nitrogens with zero attached hydrogens (tertiary/aromatic N) is 1. The van der Waals surface area contributed by atoms with E-state index in [1.165, 1.54) is 77.3 Å². The monoisotopic (exact) mass is 350 g/mol. The average molecular weight is 351 g/mol. The topological polar surface area (TPSA) is 9.23 Å². The summed E-state index contributed by atoms with van der Waals surface area (Å²) in [4.78, 5) is 0. The number of quaternary nitrogens is 1. The molecule has 0 bridgehead atoms. The number of hydrogen-bond donors (Lipinski definition) is 0. The summed E-state index contributed by atoms with van der Waals surface area (Å²) in [5, 5.41) is 0. The van der Waals surface area contributed by atoms with Gasteiger partial charge in [0.05, 0.1) is 25.9 Å². The van der Waals surface area contributed by atoms with Crippen LogP contribution in [0.25, 0.3) is 0 Å². The smallest absolute Gasteiger partial charge is 0.107 e. The quantitative estimate of drug-likeness (QED) is 0.190. The zero-order valence-electron chi connectivity index (χ0n) is 17.2. The Morgan fingerprint density at radius 2 is 1.68 bits per heavy atom. The van der Waals surface area contributed by atoms with Crippen LogP contribution in [0.1, 0.15) is 78.1 Å². The van der Waals surface area contributed by atoms with Gasteiger partial charge in [0.2, 0.25) is 0 Å². The Labute approximate surface area is 157 Å². The van der Waals surface area contributed by atoms with E-state index in [0.717, 1.165) is 30.2 Å². The van der Waals surface area contributed by atoms with Gasteiger partial charge in [0.1, 0.15) is 6.54 Å². The van der Waals surface area contributed by atoms with Gasteiger partial charge in [0.15, 0.2) is 0 Å². The van der Waals surface area contributed by atoms with Gasteiger partial charge in [-0.1, -0.05) is 52.0 Å². The van der Waals surface area contributed by atoms with Gasteiger partial charge in [-0.15, -0.1) is 6.58 Å². The molecule has 0 aromatic rings. The molecule has 146 valence electrons. The molecule has 1 heterocycles. The summed E-state index contributed by atoms with van der Waals surface area (Å²) in [6.07, 6.45) is 17.7. The maximum absolute atomic E-state index is 6.04. The van der Waals surface area contributed by atoms with Crippen LogP contribution < -0.4 is 0 Å². The third-order valence-corrected chi connectivity index (χ3v) is 6.20. The van der Waals surface area contributed by atoms with E-state index in [1.54, 1.807) is 0 Å². The highest BCUT2D eigenvalue weighted by atomic mass is 16.5. The average Bonchev–Trinajstić information content (AvgIpc) is 2.66. The Hall–Kier alpha value is -0.600. The molecule has 1 aliphatic heterocycles. The minimum absolute atomic E-state index is 0.600. The van der Waals surface area contributed by atoms with Crippen LogP contribution in [0.5, 0.6) is 0 Å². The van der Waals surface area contributed by atoms with Gasteiger partial charge in [-0.3, -0.25) is 4.48 Å². The first-order valence-corrected chi connectivity index (χ1v) is 10.9. The second-order valence-corrected chi connectivity index (χ2v) is 8.09. The minimum atomic E-state index is 0.600. The molecular weight excluding hydrogens is 306 g/mol. The standard InChI is InChI=1S/C23H44NO/c1-5-8-9-10-12-15-23(22(4)6-2)16-20-25-21-19-24(7-3)17-13-11-14-18-24/h6-7,22-23H,2-3,5,8-21H2,1,4H3/q+1/t22-,23?/m1/s1. The Kier molecular flexibility index (Phi) is 12.2. The molecule has 2 nitrogen and oxygen atoms in total. The van der Waals surface area contributed by atoms with Crippen LogP contribution in [-0.4, -0.2) is 37.3 Å². The molecule has 0 amide bonds. The van der Waals surface area contributed by atoms with Crippen LogP contribution in [-0.2, 0) is 4.74 Å². The summed E-state index contributed by atoms with van der Waals surface area (Å²) >= 11 is 0. The van der Waals surface area contributed by atoms with Crippen molar-refractivity contribution in [2.24, 2.45) is 11.8 Å². The van der Waals surface area contributed by atoms with E-state index < -0.39 is 0 Å². The molecule has 0 saturated carbocycles. The zero-order chi connectivity index (χ0) is 18.4. The summed E-state index contributed by atoms with van der Waals surface area (Å²) in [5.41, 5.74) is 0. The molecule has 1 saturated heterocycles. The molecule has 0 aromatic carbocycles. The third kappa shape index (κ3) is 9.06. The molecule has 2 atom stereocenters. The first-order chi connectivity index (χ1) is 12.2. The molecule has 0 aromatic heterocycles. The fourth-order valence-electron chi connectivity index (χ4n) is 4.10. The van der Waals surface area contributed by atoms with Gasteiger partial charge in [-0.25, -0.2) is 0 Å².